The minimum atomic E-state index is -3.12. The first-order chi connectivity index (χ1) is 7.79. The zero-order chi connectivity index (χ0) is 13.1. The maximum absolute atomic E-state index is 10.9. The van der Waals surface area contributed by atoms with Gasteiger partial charge in [-0.15, -0.1) is 0 Å². The van der Waals surface area contributed by atoms with Gasteiger partial charge in [-0.25, -0.2) is 13.2 Å². The van der Waals surface area contributed by atoms with Crippen LogP contribution in [0.2, 0.25) is 0 Å². The van der Waals surface area contributed by atoms with Gasteiger partial charge in [-0.2, -0.15) is 0 Å². The second-order valence-electron chi connectivity index (χ2n) is 3.54. The number of sulfone groups is 1. The van der Waals surface area contributed by atoms with Gasteiger partial charge in [0.2, 0.25) is 0 Å². The van der Waals surface area contributed by atoms with E-state index in [0.717, 1.165) is 6.26 Å². The number of aromatic carboxylic acids is 1. The summed E-state index contributed by atoms with van der Waals surface area (Å²) in [4.78, 5) is 10.7. The molecule has 1 rings (SSSR count). The summed E-state index contributed by atoms with van der Waals surface area (Å²) in [5.41, 5.74) is 5.87. The van der Waals surface area contributed by atoms with Crippen LogP contribution < -0.4 is 10.5 Å². The van der Waals surface area contributed by atoms with Gasteiger partial charge >= 0.3 is 5.97 Å². The van der Waals surface area contributed by atoms with Crippen molar-refractivity contribution in [1.82, 2.24) is 0 Å². The van der Waals surface area contributed by atoms with Crippen LogP contribution in [0.25, 0.3) is 0 Å². The van der Waals surface area contributed by atoms with Gasteiger partial charge in [-0.05, 0) is 18.2 Å². The molecule has 0 aliphatic heterocycles. The molecule has 1 aromatic rings. The lowest BCUT2D eigenvalue weighted by Crippen LogP contribution is -2.13. The Labute approximate surface area is 98.9 Å². The van der Waals surface area contributed by atoms with Crippen molar-refractivity contribution in [1.29, 1.82) is 0 Å². The maximum atomic E-state index is 10.9. The molecule has 0 amide bonds. The Bertz CT molecular complexity index is 523. The van der Waals surface area contributed by atoms with Gasteiger partial charge in [0, 0.05) is 6.26 Å². The van der Waals surface area contributed by atoms with Gasteiger partial charge in [0.05, 0.1) is 17.0 Å². The number of nitrogens with two attached hydrogens (primary N) is 1. The summed E-state index contributed by atoms with van der Waals surface area (Å²) in [5.74, 6) is -1.07. The van der Waals surface area contributed by atoms with E-state index in [9.17, 15) is 13.2 Å². The molecule has 0 aliphatic rings. The van der Waals surface area contributed by atoms with Gasteiger partial charge in [0.25, 0.3) is 0 Å². The van der Waals surface area contributed by atoms with Crippen molar-refractivity contribution < 1.29 is 23.1 Å². The predicted molar refractivity (Wildman–Crippen MR) is 63.0 cm³/mol. The van der Waals surface area contributed by atoms with Gasteiger partial charge < -0.3 is 15.6 Å². The van der Waals surface area contributed by atoms with E-state index >= 15 is 0 Å². The topological polar surface area (TPSA) is 107 Å². The summed E-state index contributed by atoms with van der Waals surface area (Å²) in [6.07, 6.45) is 1.09. The van der Waals surface area contributed by atoms with Gasteiger partial charge in [-0.1, -0.05) is 0 Å². The second kappa shape index (κ2) is 5.05. The normalized spacial score (nSPS) is 11.1. The fourth-order valence-corrected chi connectivity index (χ4v) is 1.48. The molecular weight excluding hydrogens is 246 g/mol. The zero-order valence-corrected chi connectivity index (χ0v) is 10.0. The van der Waals surface area contributed by atoms with Crippen molar-refractivity contribution in [3.63, 3.8) is 0 Å². The zero-order valence-electron chi connectivity index (χ0n) is 9.21. The predicted octanol–water partition coefficient (Wildman–Crippen LogP) is 0.390. The molecule has 1 aromatic carbocycles. The van der Waals surface area contributed by atoms with Crippen LogP contribution in [0, 0.1) is 0 Å². The van der Waals surface area contributed by atoms with Crippen molar-refractivity contribution >= 4 is 21.5 Å². The van der Waals surface area contributed by atoms with Crippen LogP contribution >= 0.6 is 0 Å². The second-order valence-corrected chi connectivity index (χ2v) is 5.80. The molecule has 0 aliphatic carbocycles. The van der Waals surface area contributed by atoms with Crippen molar-refractivity contribution in [2.45, 2.75) is 0 Å². The standard InChI is InChI=1S/C10H13NO5S/c1-17(14,15)5-4-16-9-6-7(10(12)13)2-3-8(9)11/h2-3,6H,4-5,11H2,1H3,(H,12,13). The molecule has 0 atom stereocenters. The van der Waals surface area contributed by atoms with E-state index in [4.69, 9.17) is 15.6 Å². The molecule has 3 N–H and O–H groups in total. The van der Waals surface area contributed by atoms with E-state index in [1.165, 1.54) is 18.2 Å². The van der Waals surface area contributed by atoms with E-state index in [0.29, 0.717) is 0 Å². The summed E-state index contributed by atoms with van der Waals surface area (Å²) in [7, 11) is -3.12. The van der Waals surface area contributed by atoms with Gasteiger partial charge in [0.1, 0.15) is 12.4 Å². The summed E-state index contributed by atoms with van der Waals surface area (Å²) >= 11 is 0. The van der Waals surface area contributed by atoms with E-state index in [2.05, 4.69) is 0 Å². The molecule has 17 heavy (non-hydrogen) atoms. The molecule has 0 spiro atoms. The van der Waals surface area contributed by atoms with Gasteiger partial charge in [0.15, 0.2) is 9.84 Å². The number of rotatable bonds is 5. The number of anilines is 1. The Kier molecular flexibility index (Phi) is 3.95. The fourth-order valence-electron chi connectivity index (χ4n) is 1.10. The molecule has 94 valence electrons. The van der Waals surface area contributed by atoms with Crippen molar-refractivity contribution in [2.24, 2.45) is 0 Å². The van der Waals surface area contributed by atoms with Crippen molar-refractivity contribution in [2.75, 3.05) is 24.3 Å². The number of nitrogen functional groups attached to an aromatic ring is 1. The monoisotopic (exact) mass is 259 g/mol. The smallest absolute Gasteiger partial charge is 0.335 e. The van der Waals surface area contributed by atoms with Crippen LogP contribution in [0.5, 0.6) is 5.75 Å². The quantitative estimate of drug-likeness (QED) is 0.741. The lowest BCUT2D eigenvalue weighted by molar-refractivity contribution is 0.0696. The molecular formula is C10H13NO5S. The molecule has 0 heterocycles. The third kappa shape index (κ3) is 4.31. The Balaban J connectivity index is 2.76. The van der Waals surface area contributed by atoms with E-state index < -0.39 is 15.8 Å². The number of hydrogen-bond acceptors (Lipinski definition) is 5. The third-order valence-corrected chi connectivity index (χ3v) is 2.88. The molecule has 0 radical (unpaired) electrons. The number of carboxylic acid groups (broad SMARTS) is 1. The minimum absolute atomic E-state index is 0.0357. The number of ether oxygens (including phenoxy) is 1. The summed E-state index contributed by atoms with van der Waals surface area (Å²) in [6, 6.07) is 4.01. The minimum Gasteiger partial charge on any atom is -0.490 e. The highest BCUT2D eigenvalue weighted by Crippen LogP contribution is 2.22. The SMILES string of the molecule is CS(=O)(=O)CCOc1cc(C(=O)O)ccc1N. The molecule has 0 aromatic heterocycles. The average molecular weight is 259 g/mol. The van der Waals surface area contributed by atoms with Crippen LogP contribution in [0.4, 0.5) is 5.69 Å². The lowest BCUT2D eigenvalue weighted by atomic mass is 10.2. The van der Waals surface area contributed by atoms with Crippen molar-refractivity contribution in [3.8, 4) is 5.75 Å². The largest absolute Gasteiger partial charge is 0.490 e. The highest BCUT2D eigenvalue weighted by atomic mass is 32.2. The fraction of sp³-hybridized carbons (Fsp3) is 0.300. The molecule has 0 saturated carbocycles. The summed E-state index contributed by atoms with van der Waals surface area (Å²) in [5, 5.41) is 8.76. The molecule has 7 heteroatoms. The highest BCUT2D eigenvalue weighted by Gasteiger charge is 2.09. The third-order valence-electron chi connectivity index (χ3n) is 1.97. The van der Waals surface area contributed by atoms with E-state index in [1.54, 1.807) is 0 Å². The Morgan fingerprint density at radius 1 is 1.47 bits per heavy atom. The highest BCUT2D eigenvalue weighted by molar-refractivity contribution is 7.90. The number of benzene rings is 1. The van der Waals surface area contributed by atoms with Gasteiger partial charge in [-0.3, -0.25) is 0 Å². The Hall–Kier alpha value is -1.76. The first kappa shape index (κ1) is 13.3. The van der Waals surface area contributed by atoms with E-state index in [1.807, 2.05) is 0 Å². The summed E-state index contributed by atoms with van der Waals surface area (Å²) in [6.45, 7) is -0.0634. The molecule has 0 fully saturated rings. The van der Waals surface area contributed by atoms with Crippen LogP contribution in [0.3, 0.4) is 0 Å². The van der Waals surface area contributed by atoms with E-state index in [-0.39, 0.29) is 29.4 Å². The Morgan fingerprint density at radius 2 is 2.12 bits per heavy atom. The lowest BCUT2D eigenvalue weighted by Gasteiger charge is -2.08. The average Bonchev–Trinajstić information content (AvgIpc) is 2.18. The molecule has 0 bridgehead atoms. The maximum Gasteiger partial charge on any atom is 0.335 e. The van der Waals surface area contributed by atoms with Crippen LogP contribution in [-0.2, 0) is 9.84 Å². The van der Waals surface area contributed by atoms with Crippen LogP contribution in [-0.4, -0.2) is 38.1 Å². The number of carbonyl (C=O) groups is 1. The first-order valence-electron chi connectivity index (χ1n) is 4.73. The number of carboxylic acids is 1. The van der Waals surface area contributed by atoms with Crippen LogP contribution in [0.1, 0.15) is 10.4 Å². The van der Waals surface area contributed by atoms with Crippen LogP contribution in [0.15, 0.2) is 18.2 Å². The number of hydrogen-bond donors (Lipinski definition) is 2. The molecule has 6 nitrogen and oxygen atoms in total. The van der Waals surface area contributed by atoms with Crippen molar-refractivity contribution in [3.05, 3.63) is 23.8 Å². The molecule has 0 unspecified atom stereocenters. The molecule has 0 saturated heterocycles. The summed E-state index contributed by atoms with van der Waals surface area (Å²) < 4.78 is 26.9. The first-order valence-corrected chi connectivity index (χ1v) is 6.79. The Morgan fingerprint density at radius 3 is 2.65 bits per heavy atom.